The number of hydrogen-bond acceptors (Lipinski definition) is 3. The summed E-state index contributed by atoms with van der Waals surface area (Å²) < 4.78 is 6.79. The molecule has 2 aromatic rings. The van der Waals surface area contributed by atoms with Crippen LogP contribution in [-0.4, -0.2) is 33.1 Å². The standard InChI is InChI=1S/C26H34BrN3O2/c1-24(2,3)32-23(31)30-16-4-5-20(30)22-28-17-21(29-22)26-13-10-25(11-14-26,12-15-26)18-6-8-19(27)9-7-18/h6-9,17,20H,4-5,10-16H2,1-3H3,(H,28,29)/t20-,25?,26?/m0/s1. The second-order valence-corrected chi connectivity index (χ2v) is 12.0. The first kappa shape index (κ1) is 22.0. The lowest BCUT2D eigenvalue weighted by Crippen LogP contribution is -2.46. The number of nitrogens with zero attached hydrogens (tertiary/aromatic N) is 2. The molecule has 1 aromatic carbocycles. The quantitative estimate of drug-likeness (QED) is 0.505. The van der Waals surface area contributed by atoms with E-state index in [1.54, 1.807) is 0 Å². The number of aromatic amines is 1. The number of amides is 1. The Hall–Kier alpha value is -1.82. The highest BCUT2D eigenvalue weighted by Crippen LogP contribution is 2.58. The number of benzene rings is 1. The molecule has 4 fully saturated rings. The zero-order chi connectivity index (χ0) is 22.6. The topological polar surface area (TPSA) is 58.2 Å². The third kappa shape index (κ3) is 3.89. The lowest BCUT2D eigenvalue weighted by atomic mass is 9.51. The van der Waals surface area contributed by atoms with Crippen LogP contribution in [0, 0.1) is 0 Å². The molecule has 5 nitrogen and oxygen atoms in total. The smallest absolute Gasteiger partial charge is 0.410 e. The summed E-state index contributed by atoms with van der Waals surface area (Å²) in [6.07, 6.45) is 11.1. The number of carbonyl (C=O) groups excluding carboxylic acids is 1. The van der Waals surface area contributed by atoms with Crippen molar-refractivity contribution in [2.45, 2.75) is 94.6 Å². The van der Waals surface area contributed by atoms with Crippen LogP contribution in [0.2, 0.25) is 0 Å². The Bertz CT molecular complexity index is 967. The first-order valence-corrected chi connectivity index (χ1v) is 12.8. The van der Waals surface area contributed by atoms with Gasteiger partial charge in [-0.2, -0.15) is 0 Å². The van der Waals surface area contributed by atoms with Gasteiger partial charge < -0.3 is 9.72 Å². The van der Waals surface area contributed by atoms with Gasteiger partial charge in [-0.25, -0.2) is 9.78 Å². The van der Waals surface area contributed by atoms with Crippen LogP contribution in [0.1, 0.15) is 95.3 Å². The van der Waals surface area contributed by atoms with E-state index >= 15 is 0 Å². The van der Waals surface area contributed by atoms with Gasteiger partial charge >= 0.3 is 6.09 Å². The van der Waals surface area contributed by atoms with Crippen LogP contribution in [0.4, 0.5) is 4.79 Å². The molecule has 3 saturated carbocycles. The summed E-state index contributed by atoms with van der Waals surface area (Å²) in [6.45, 7) is 6.48. The van der Waals surface area contributed by atoms with Gasteiger partial charge in [-0.05, 0) is 95.2 Å². The van der Waals surface area contributed by atoms with Crippen molar-refractivity contribution in [2.75, 3.05) is 6.54 Å². The van der Waals surface area contributed by atoms with Gasteiger partial charge in [0.1, 0.15) is 11.4 Å². The number of carbonyl (C=O) groups is 1. The van der Waals surface area contributed by atoms with Crippen molar-refractivity contribution >= 4 is 22.0 Å². The van der Waals surface area contributed by atoms with Gasteiger partial charge in [0.05, 0.1) is 11.7 Å². The number of H-pyrrole nitrogens is 1. The van der Waals surface area contributed by atoms with Crippen molar-refractivity contribution in [1.82, 2.24) is 14.9 Å². The summed E-state index contributed by atoms with van der Waals surface area (Å²) >= 11 is 3.57. The molecule has 2 heterocycles. The molecule has 1 saturated heterocycles. The number of hydrogen-bond donors (Lipinski definition) is 1. The minimum Gasteiger partial charge on any atom is -0.444 e. The number of halogens is 1. The molecule has 1 aromatic heterocycles. The Morgan fingerprint density at radius 1 is 1.09 bits per heavy atom. The fourth-order valence-corrected chi connectivity index (χ4v) is 6.44. The second-order valence-electron chi connectivity index (χ2n) is 11.1. The summed E-state index contributed by atoms with van der Waals surface area (Å²) in [5.41, 5.74) is 2.73. The highest BCUT2D eigenvalue weighted by Gasteiger charge is 2.51. The number of rotatable bonds is 3. The molecule has 32 heavy (non-hydrogen) atoms. The summed E-state index contributed by atoms with van der Waals surface area (Å²) in [6, 6.07) is 8.96. The number of aromatic nitrogens is 2. The van der Waals surface area contributed by atoms with Crippen LogP contribution in [0.3, 0.4) is 0 Å². The minimum atomic E-state index is -0.483. The van der Waals surface area contributed by atoms with Gasteiger partial charge in [-0.1, -0.05) is 28.1 Å². The Labute approximate surface area is 199 Å². The van der Waals surface area contributed by atoms with Gasteiger partial charge in [-0.3, -0.25) is 4.90 Å². The molecule has 1 aliphatic heterocycles. The van der Waals surface area contributed by atoms with E-state index in [-0.39, 0.29) is 17.6 Å². The van der Waals surface area contributed by atoms with Gasteiger partial charge in [0.2, 0.25) is 0 Å². The maximum Gasteiger partial charge on any atom is 0.410 e. The molecule has 3 aliphatic carbocycles. The summed E-state index contributed by atoms with van der Waals surface area (Å²) in [7, 11) is 0. The third-order valence-electron chi connectivity index (χ3n) is 8.04. The zero-order valence-electron chi connectivity index (χ0n) is 19.4. The van der Waals surface area contributed by atoms with Gasteiger partial charge in [0, 0.05) is 22.6 Å². The Morgan fingerprint density at radius 2 is 1.72 bits per heavy atom. The van der Waals surface area contributed by atoms with Crippen LogP contribution in [0.15, 0.2) is 34.9 Å². The summed E-state index contributed by atoms with van der Waals surface area (Å²) in [5.74, 6) is 0.924. The predicted octanol–water partition coefficient (Wildman–Crippen LogP) is 6.79. The zero-order valence-corrected chi connectivity index (χ0v) is 21.0. The van der Waals surface area contributed by atoms with E-state index in [1.807, 2.05) is 25.7 Å². The van der Waals surface area contributed by atoms with Crippen LogP contribution < -0.4 is 0 Å². The van der Waals surface area contributed by atoms with Crippen LogP contribution in [0.5, 0.6) is 0 Å². The molecule has 0 spiro atoms. The minimum absolute atomic E-state index is 0.0102. The largest absolute Gasteiger partial charge is 0.444 e. The first-order valence-electron chi connectivity index (χ1n) is 12.0. The van der Waals surface area contributed by atoms with Crippen molar-refractivity contribution in [2.24, 2.45) is 0 Å². The highest BCUT2D eigenvalue weighted by atomic mass is 79.9. The second kappa shape index (κ2) is 7.89. The Balaban J connectivity index is 1.32. The van der Waals surface area contributed by atoms with Crippen molar-refractivity contribution in [3.8, 4) is 0 Å². The molecule has 6 heteroatoms. The maximum absolute atomic E-state index is 12.7. The van der Waals surface area contributed by atoms with Crippen LogP contribution >= 0.6 is 15.9 Å². The molecular formula is C26H34BrN3O2. The van der Waals surface area contributed by atoms with Gasteiger partial charge in [0.25, 0.3) is 0 Å². The third-order valence-corrected chi connectivity index (χ3v) is 8.57. The fourth-order valence-electron chi connectivity index (χ4n) is 6.18. The van der Waals surface area contributed by atoms with Crippen LogP contribution in [-0.2, 0) is 15.6 Å². The lowest BCUT2D eigenvalue weighted by Gasteiger charge is -2.53. The lowest BCUT2D eigenvalue weighted by molar-refractivity contribution is 0.0218. The number of likely N-dealkylation sites (tertiary alicyclic amines) is 1. The normalized spacial score (nSPS) is 30.0. The highest BCUT2D eigenvalue weighted by molar-refractivity contribution is 9.10. The average molecular weight is 500 g/mol. The maximum atomic E-state index is 12.7. The van der Waals surface area contributed by atoms with E-state index < -0.39 is 5.60 Å². The number of fused-ring (bicyclic) bond motifs is 3. The van der Waals surface area contributed by atoms with Gasteiger partial charge in [0.15, 0.2) is 0 Å². The number of imidazole rings is 1. The molecule has 1 atom stereocenters. The van der Waals surface area contributed by atoms with Crippen molar-refractivity contribution in [3.63, 3.8) is 0 Å². The van der Waals surface area contributed by atoms with E-state index in [0.29, 0.717) is 5.41 Å². The Kier molecular flexibility index (Phi) is 5.43. The van der Waals surface area contributed by atoms with E-state index in [4.69, 9.17) is 9.72 Å². The SMILES string of the molecule is CC(C)(C)OC(=O)N1CCC[C@H]1c1nc(C23CCC(c4ccc(Br)cc4)(CC2)CC3)c[nH]1. The first-order chi connectivity index (χ1) is 15.2. The molecule has 0 unspecified atom stereocenters. The van der Waals surface area contributed by atoms with Crippen LogP contribution in [0.25, 0.3) is 0 Å². The molecule has 1 amide bonds. The fraction of sp³-hybridized carbons (Fsp3) is 0.615. The average Bonchev–Trinajstić information content (AvgIpc) is 3.44. The van der Waals surface area contributed by atoms with Crippen molar-refractivity contribution in [3.05, 3.63) is 52.0 Å². The predicted molar refractivity (Wildman–Crippen MR) is 129 cm³/mol. The molecule has 2 bridgehead atoms. The molecule has 6 rings (SSSR count). The molecular weight excluding hydrogens is 466 g/mol. The Morgan fingerprint density at radius 3 is 2.34 bits per heavy atom. The molecule has 1 N–H and O–H groups in total. The van der Waals surface area contributed by atoms with E-state index in [2.05, 4.69) is 51.4 Å². The summed E-state index contributed by atoms with van der Waals surface area (Å²) in [5, 5.41) is 0. The van der Waals surface area contributed by atoms with Gasteiger partial charge in [-0.15, -0.1) is 0 Å². The monoisotopic (exact) mass is 499 g/mol. The van der Waals surface area contributed by atoms with E-state index in [0.717, 1.165) is 29.7 Å². The molecule has 0 radical (unpaired) electrons. The number of nitrogens with one attached hydrogen (secondary N) is 1. The molecule has 172 valence electrons. The van der Waals surface area contributed by atoms with E-state index in [1.165, 1.54) is 49.8 Å². The van der Waals surface area contributed by atoms with Crippen molar-refractivity contribution in [1.29, 1.82) is 0 Å². The summed E-state index contributed by atoms with van der Waals surface area (Å²) in [4.78, 5) is 23.1. The molecule has 4 aliphatic rings. The van der Waals surface area contributed by atoms with Crippen molar-refractivity contribution < 1.29 is 9.53 Å². The van der Waals surface area contributed by atoms with E-state index in [9.17, 15) is 4.79 Å². The number of ether oxygens (including phenoxy) is 1.